The van der Waals surface area contributed by atoms with Crippen molar-refractivity contribution in [3.8, 4) is 11.5 Å². The molecule has 1 saturated carbocycles. The fraction of sp³-hybridized carbons (Fsp3) is 0.632. The molecule has 0 bridgehead atoms. The van der Waals surface area contributed by atoms with Crippen molar-refractivity contribution in [3.63, 3.8) is 0 Å². The molecule has 2 N–H and O–H groups in total. The predicted octanol–water partition coefficient (Wildman–Crippen LogP) is 2.17. The average molecular weight is 348 g/mol. The zero-order chi connectivity index (χ0) is 17.7. The predicted molar refractivity (Wildman–Crippen MR) is 95.2 cm³/mol. The third kappa shape index (κ3) is 4.07. The number of hydrogen-bond donors (Lipinski definition) is 2. The maximum Gasteiger partial charge on any atom is 0.255 e. The van der Waals surface area contributed by atoms with Crippen molar-refractivity contribution in [1.82, 2.24) is 10.2 Å². The van der Waals surface area contributed by atoms with E-state index in [1.165, 1.54) is 32.4 Å². The quantitative estimate of drug-likeness (QED) is 0.853. The molecule has 0 unspecified atom stereocenters. The first kappa shape index (κ1) is 18.0. The lowest BCUT2D eigenvalue weighted by Gasteiger charge is -2.48. The molecule has 25 heavy (non-hydrogen) atoms. The zero-order valence-corrected chi connectivity index (χ0v) is 14.9. The van der Waals surface area contributed by atoms with Gasteiger partial charge in [0.25, 0.3) is 5.91 Å². The highest BCUT2D eigenvalue weighted by Gasteiger charge is 2.38. The van der Waals surface area contributed by atoms with Gasteiger partial charge in [-0.25, -0.2) is 0 Å². The van der Waals surface area contributed by atoms with E-state index in [4.69, 9.17) is 9.47 Å². The average Bonchev–Trinajstić information content (AvgIpc) is 2.67. The highest BCUT2D eigenvalue weighted by Crippen LogP contribution is 2.34. The maximum atomic E-state index is 12.6. The molecular formula is C19H28N2O4. The second kappa shape index (κ2) is 8.06. The molecule has 138 valence electrons. The molecule has 1 saturated heterocycles. The Balaban J connectivity index is 1.69. The van der Waals surface area contributed by atoms with Crippen molar-refractivity contribution in [2.24, 2.45) is 0 Å². The molecule has 3 rings (SSSR count). The standard InChI is InChI=1S/C19H28N2O4/c1-24-15-5-6-16(17(22)13-15)18(23)20-14-19(7-3-2-4-8-19)21-9-11-25-12-10-21/h5-6,13,22H,2-4,7-12,14H2,1H3,(H,20,23). The smallest absolute Gasteiger partial charge is 0.255 e. The third-order valence-electron chi connectivity index (χ3n) is 5.49. The number of rotatable bonds is 5. The molecule has 0 radical (unpaired) electrons. The van der Waals surface area contributed by atoms with Gasteiger partial charge in [-0.1, -0.05) is 19.3 Å². The number of carbonyl (C=O) groups is 1. The van der Waals surface area contributed by atoms with Gasteiger partial charge in [0.1, 0.15) is 11.5 Å². The van der Waals surface area contributed by atoms with Gasteiger partial charge in [0.2, 0.25) is 0 Å². The van der Waals surface area contributed by atoms with Crippen molar-refractivity contribution >= 4 is 5.91 Å². The normalized spacial score (nSPS) is 20.8. The molecule has 1 amide bonds. The second-order valence-corrected chi connectivity index (χ2v) is 6.95. The van der Waals surface area contributed by atoms with Crippen molar-refractivity contribution in [2.75, 3.05) is 40.0 Å². The number of morpholine rings is 1. The molecule has 0 spiro atoms. The second-order valence-electron chi connectivity index (χ2n) is 6.95. The van der Waals surface area contributed by atoms with Gasteiger partial charge in [0.15, 0.2) is 0 Å². The number of hydrogen-bond acceptors (Lipinski definition) is 5. The zero-order valence-electron chi connectivity index (χ0n) is 14.9. The largest absolute Gasteiger partial charge is 0.507 e. The van der Waals surface area contributed by atoms with Crippen LogP contribution in [0, 0.1) is 0 Å². The molecular weight excluding hydrogens is 320 g/mol. The van der Waals surface area contributed by atoms with E-state index in [2.05, 4.69) is 10.2 Å². The summed E-state index contributed by atoms with van der Waals surface area (Å²) in [7, 11) is 1.53. The minimum atomic E-state index is -0.238. The number of phenolic OH excluding ortho intramolecular Hbond substituents is 1. The van der Waals surface area contributed by atoms with E-state index in [1.807, 2.05) is 0 Å². The van der Waals surface area contributed by atoms with Crippen molar-refractivity contribution in [1.29, 1.82) is 0 Å². The fourth-order valence-corrected chi connectivity index (χ4v) is 4.02. The Morgan fingerprint density at radius 1 is 1.28 bits per heavy atom. The molecule has 2 fully saturated rings. The van der Waals surface area contributed by atoms with Crippen molar-refractivity contribution in [2.45, 2.75) is 37.6 Å². The van der Waals surface area contributed by atoms with E-state index in [0.29, 0.717) is 12.3 Å². The van der Waals surface area contributed by atoms with E-state index >= 15 is 0 Å². The third-order valence-corrected chi connectivity index (χ3v) is 5.49. The SMILES string of the molecule is COc1ccc(C(=O)NCC2(N3CCOCC3)CCCCC2)c(O)c1. The van der Waals surface area contributed by atoms with Crippen molar-refractivity contribution < 1.29 is 19.4 Å². The fourth-order valence-electron chi connectivity index (χ4n) is 4.02. The van der Waals surface area contributed by atoms with Crippen LogP contribution in [0.15, 0.2) is 18.2 Å². The molecule has 6 heteroatoms. The van der Waals surface area contributed by atoms with Crippen LogP contribution in [0.1, 0.15) is 42.5 Å². The summed E-state index contributed by atoms with van der Waals surface area (Å²) in [5, 5.41) is 13.1. The first-order chi connectivity index (χ1) is 12.1. The highest BCUT2D eigenvalue weighted by atomic mass is 16.5. The van der Waals surface area contributed by atoms with Crippen LogP contribution < -0.4 is 10.1 Å². The lowest BCUT2D eigenvalue weighted by Crippen LogP contribution is -2.59. The minimum absolute atomic E-state index is 0.0137. The molecule has 0 aromatic heterocycles. The number of benzene rings is 1. The number of methoxy groups -OCH3 is 1. The summed E-state index contributed by atoms with van der Waals surface area (Å²) in [5.41, 5.74) is 0.300. The molecule has 0 atom stereocenters. The molecule has 1 heterocycles. The van der Waals surface area contributed by atoms with Crippen LogP contribution in [-0.4, -0.2) is 61.4 Å². The Labute approximate surface area is 149 Å². The summed E-state index contributed by atoms with van der Waals surface area (Å²) < 4.78 is 10.6. The van der Waals surface area contributed by atoms with Gasteiger partial charge >= 0.3 is 0 Å². The Bertz CT molecular complexity index is 593. The first-order valence-corrected chi connectivity index (χ1v) is 9.13. The van der Waals surface area contributed by atoms with Crippen LogP contribution in [0.5, 0.6) is 11.5 Å². The van der Waals surface area contributed by atoms with Crippen LogP contribution in [0.2, 0.25) is 0 Å². The first-order valence-electron chi connectivity index (χ1n) is 9.13. The molecule has 1 aromatic carbocycles. The maximum absolute atomic E-state index is 12.6. The van der Waals surface area contributed by atoms with Crippen molar-refractivity contribution in [3.05, 3.63) is 23.8 Å². The van der Waals surface area contributed by atoms with Gasteiger partial charge < -0.3 is 19.9 Å². The number of phenols is 1. The number of carbonyl (C=O) groups excluding carboxylic acids is 1. The number of aromatic hydroxyl groups is 1. The number of nitrogens with zero attached hydrogens (tertiary/aromatic N) is 1. The van der Waals surface area contributed by atoms with E-state index in [0.717, 1.165) is 39.1 Å². The van der Waals surface area contributed by atoms with E-state index in [1.54, 1.807) is 12.1 Å². The number of ether oxygens (including phenoxy) is 2. The Kier molecular flexibility index (Phi) is 5.81. The summed E-state index contributed by atoms with van der Waals surface area (Å²) in [5.74, 6) is 0.241. The summed E-state index contributed by atoms with van der Waals surface area (Å²) in [6, 6.07) is 4.76. The van der Waals surface area contributed by atoms with Crippen LogP contribution >= 0.6 is 0 Å². The van der Waals surface area contributed by atoms with Crippen LogP contribution in [0.4, 0.5) is 0 Å². The van der Waals surface area contributed by atoms with Gasteiger partial charge in [-0.05, 0) is 25.0 Å². The van der Waals surface area contributed by atoms with E-state index < -0.39 is 0 Å². The van der Waals surface area contributed by atoms with Crippen LogP contribution in [0.3, 0.4) is 0 Å². The van der Waals surface area contributed by atoms with Gasteiger partial charge in [0.05, 0.1) is 25.9 Å². The molecule has 1 aliphatic carbocycles. The van der Waals surface area contributed by atoms with E-state index in [-0.39, 0.29) is 22.8 Å². The summed E-state index contributed by atoms with van der Waals surface area (Å²) in [6.07, 6.45) is 5.85. The Morgan fingerprint density at radius 3 is 2.64 bits per heavy atom. The highest BCUT2D eigenvalue weighted by molar-refractivity contribution is 5.97. The summed E-state index contributed by atoms with van der Waals surface area (Å²) >= 11 is 0. The lowest BCUT2D eigenvalue weighted by molar-refractivity contribution is -0.0361. The monoisotopic (exact) mass is 348 g/mol. The molecule has 1 aromatic rings. The summed E-state index contributed by atoms with van der Waals surface area (Å²) in [6.45, 7) is 3.97. The lowest BCUT2D eigenvalue weighted by atomic mass is 9.79. The van der Waals surface area contributed by atoms with Gasteiger partial charge in [-0.3, -0.25) is 9.69 Å². The Morgan fingerprint density at radius 2 is 2.00 bits per heavy atom. The number of amides is 1. The molecule has 2 aliphatic rings. The van der Waals surface area contributed by atoms with Crippen LogP contribution in [0.25, 0.3) is 0 Å². The van der Waals surface area contributed by atoms with Crippen LogP contribution in [-0.2, 0) is 4.74 Å². The topological polar surface area (TPSA) is 71.0 Å². The number of nitrogens with one attached hydrogen (secondary N) is 1. The van der Waals surface area contributed by atoms with E-state index in [9.17, 15) is 9.90 Å². The van der Waals surface area contributed by atoms with Gasteiger partial charge in [0, 0.05) is 31.2 Å². The van der Waals surface area contributed by atoms with Gasteiger partial charge in [-0.2, -0.15) is 0 Å². The van der Waals surface area contributed by atoms with Gasteiger partial charge in [-0.15, -0.1) is 0 Å². The molecule has 1 aliphatic heterocycles. The minimum Gasteiger partial charge on any atom is -0.507 e. The Hall–Kier alpha value is -1.79. The molecule has 6 nitrogen and oxygen atoms in total. The summed E-state index contributed by atoms with van der Waals surface area (Å²) in [4.78, 5) is 15.1.